The van der Waals surface area contributed by atoms with E-state index in [-0.39, 0.29) is 5.75 Å². The van der Waals surface area contributed by atoms with Gasteiger partial charge in [-0.05, 0) is 32.4 Å². The van der Waals surface area contributed by atoms with Gasteiger partial charge in [-0.15, -0.1) is 11.3 Å². The Kier molecular flexibility index (Phi) is 4.32. The fourth-order valence-corrected chi connectivity index (χ4v) is 5.38. The summed E-state index contributed by atoms with van der Waals surface area (Å²) < 4.78 is 34.4. The molecule has 3 aliphatic heterocycles. The van der Waals surface area contributed by atoms with Gasteiger partial charge in [0, 0.05) is 36.9 Å². The standard InChI is InChI=1S/C19H20F2N4O2S2/c1-18(2,26)19(20,21)27-13-4-3-12(14-6-22-9-28-14)15-16(13)29-17(24-15)25-7-10-5-11(8-25)23-10/h3-4,6,9-11,23,26H,5,7-8H2,1-2H3. The molecule has 6 nitrogen and oxygen atoms in total. The topological polar surface area (TPSA) is 70.5 Å². The van der Waals surface area contributed by atoms with E-state index in [1.807, 2.05) is 0 Å². The van der Waals surface area contributed by atoms with Crippen LogP contribution in [-0.4, -0.2) is 52.0 Å². The molecule has 2 bridgehead atoms. The summed E-state index contributed by atoms with van der Waals surface area (Å²) in [5, 5.41) is 14.1. The summed E-state index contributed by atoms with van der Waals surface area (Å²) in [6, 6.07) is 4.16. The maximum Gasteiger partial charge on any atom is 0.426 e. The lowest BCUT2D eigenvalue weighted by Gasteiger charge is -2.48. The minimum atomic E-state index is -3.74. The Bertz CT molecular complexity index is 1030. The summed E-state index contributed by atoms with van der Waals surface area (Å²) in [5.41, 5.74) is 0.864. The van der Waals surface area contributed by atoms with Crippen molar-refractivity contribution in [2.45, 2.75) is 44.1 Å². The number of piperidine rings is 1. The number of rotatable bonds is 5. The molecule has 10 heteroatoms. The predicted molar refractivity (Wildman–Crippen MR) is 110 cm³/mol. The van der Waals surface area contributed by atoms with Crippen LogP contribution < -0.4 is 15.0 Å². The van der Waals surface area contributed by atoms with Gasteiger partial charge in [0.1, 0.15) is 5.75 Å². The lowest BCUT2D eigenvalue weighted by molar-refractivity contribution is -0.275. The smallest absolute Gasteiger partial charge is 0.426 e. The molecule has 2 atom stereocenters. The normalized spacial score (nSPS) is 22.0. The molecular formula is C19H20F2N4O2S2. The molecule has 0 saturated carbocycles. The third-order valence-corrected chi connectivity index (χ3v) is 7.27. The van der Waals surface area contributed by atoms with Crippen LogP contribution in [0.5, 0.6) is 5.75 Å². The summed E-state index contributed by atoms with van der Waals surface area (Å²) in [5.74, 6) is 0.0180. The maximum atomic E-state index is 14.4. The second-order valence-corrected chi connectivity index (χ2v) is 9.89. The Balaban J connectivity index is 1.60. The van der Waals surface area contributed by atoms with Gasteiger partial charge in [0.25, 0.3) is 0 Å². The third-order valence-electron chi connectivity index (χ3n) is 5.34. The fraction of sp³-hybridized carbons (Fsp3) is 0.474. The van der Waals surface area contributed by atoms with Gasteiger partial charge in [-0.1, -0.05) is 11.3 Å². The molecule has 1 aromatic carbocycles. The van der Waals surface area contributed by atoms with Crippen LogP contribution in [0.25, 0.3) is 20.7 Å². The Morgan fingerprint density at radius 3 is 2.62 bits per heavy atom. The second kappa shape index (κ2) is 6.56. The van der Waals surface area contributed by atoms with E-state index in [4.69, 9.17) is 9.72 Å². The number of fused-ring (bicyclic) bond motifs is 3. The molecule has 6 rings (SSSR count). The highest BCUT2D eigenvalue weighted by Gasteiger charge is 2.49. The summed E-state index contributed by atoms with van der Waals surface area (Å²) in [6.45, 7) is 3.76. The van der Waals surface area contributed by atoms with Gasteiger partial charge in [0.05, 0.1) is 20.6 Å². The SMILES string of the molecule is CC(C)(O)C(F)(F)Oc1ccc(-c2cncs2)c2nc(N3CC4CC(C3)N4)sc12. The van der Waals surface area contributed by atoms with Crippen molar-refractivity contribution < 1.29 is 18.6 Å². The van der Waals surface area contributed by atoms with Crippen molar-refractivity contribution in [1.29, 1.82) is 0 Å². The van der Waals surface area contributed by atoms with Crippen LogP contribution in [0.3, 0.4) is 0 Å². The number of benzene rings is 1. The van der Waals surface area contributed by atoms with Gasteiger partial charge < -0.3 is 20.1 Å². The zero-order valence-corrected chi connectivity index (χ0v) is 17.5. The molecule has 5 heterocycles. The Morgan fingerprint density at radius 1 is 1.28 bits per heavy atom. The van der Waals surface area contributed by atoms with Crippen LogP contribution >= 0.6 is 22.7 Å². The molecule has 3 aliphatic rings. The second-order valence-electron chi connectivity index (χ2n) is 8.03. The zero-order chi connectivity index (χ0) is 20.4. The third kappa shape index (κ3) is 3.27. The summed E-state index contributed by atoms with van der Waals surface area (Å²) in [4.78, 5) is 12.0. The van der Waals surface area contributed by atoms with E-state index in [9.17, 15) is 13.9 Å². The van der Waals surface area contributed by atoms with E-state index in [2.05, 4.69) is 15.2 Å². The molecule has 2 N–H and O–H groups in total. The molecule has 29 heavy (non-hydrogen) atoms. The van der Waals surface area contributed by atoms with E-state index in [1.165, 1.54) is 35.2 Å². The van der Waals surface area contributed by atoms with E-state index < -0.39 is 11.7 Å². The molecule has 0 radical (unpaired) electrons. The zero-order valence-electron chi connectivity index (χ0n) is 15.9. The van der Waals surface area contributed by atoms with Crippen LogP contribution in [0.15, 0.2) is 23.8 Å². The predicted octanol–water partition coefficient (Wildman–Crippen LogP) is 3.71. The fourth-order valence-electron chi connectivity index (χ4n) is 3.67. The van der Waals surface area contributed by atoms with Crippen LogP contribution in [-0.2, 0) is 0 Å². The summed E-state index contributed by atoms with van der Waals surface area (Å²) >= 11 is 2.81. The number of halogens is 2. The molecular weight excluding hydrogens is 418 g/mol. The van der Waals surface area contributed by atoms with Crippen LogP contribution in [0.4, 0.5) is 13.9 Å². The quantitative estimate of drug-likeness (QED) is 0.633. The molecule has 3 saturated heterocycles. The number of nitrogens with one attached hydrogen (secondary N) is 1. The van der Waals surface area contributed by atoms with Crippen LogP contribution in [0.1, 0.15) is 20.3 Å². The van der Waals surface area contributed by atoms with Crippen molar-refractivity contribution in [3.8, 4) is 16.2 Å². The Morgan fingerprint density at radius 2 is 2.00 bits per heavy atom. The molecule has 0 amide bonds. The van der Waals surface area contributed by atoms with Crippen LogP contribution in [0.2, 0.25) is 0 Å². The van der Waals surface area contributed by atoms with Crippen molar-refractivity contribution in [2.24, 2.45) is 0 Å². The van der Waals surface area contributed by atoms with Crippen molar-refractivity contribution >= 4 is 38.0 Å². The number of aromatic nitrogens is 2. The number of ether oxygens (including phenoxy) is 1. The number of nitrogens with zero attached hydrogens (tertiary/aromatic N) is 3. The first-order valence-electron chi connectivity index (χ1n) is 9.34. The van der Waals surface area contributed by atoms with Crippen LogP contribution in [0, 0.1) is 0 Å². The number of piperazine rings is 1. The molecule has 3 aromatic rings. The number of hydrogen-bond donors (Lipinski definition) is 2. The average Bonchev–Trinajstić information content (AvgIpc) is 3.30. The highest BCUT2D eigenvalue weighted by Crippen LogP contribution is 2.44. The van der Waals surface area contributed by atoms with Gasteiger partial charge in [-0.2, -0.15) is 8.78 Å². The Hall–Kier alpha value is -1.88. The van der Waals surface area contributed by atoms with E-state index in [0.29, 0.717) is 22.3 Å². The number of thiazole rings is 2. The number of hydrogen-bond acceptors (Lipinski definition) is 8. The summed E-state index contributed by atoms with van der Waals surface area (Å²) in [7, 11) is 0. The number of anilines is 1. The average molecular weight is 439 g/mol. The first-order valence-corrected chi connectivity index (χ1v) is 11.0. The van der Waals surface area contributed by atoms with E-state index in [0.717, 1.165) is 42.5 Å². The van der Waals surface area contributed by atoms with Gasteiger partial charge in [0.2, 0.25) is 0 Å². The van der Waals surface area contributed by atoms with Crippen molar-refractivity contribution in [2.75, 3.05) is 18.0 Å². The molecule has 3 fully saturated rings. The van der Waals surface area contributed by atoms with Gasteiger partial charge in [0.15, 0.2) is 10.7 Å². The minimum absolute atomic E-state index is 0.0180. The van der Waals surface area contributed by atoms with E-state index >= 15 is 0 Å². The van der Waals surface area contributed by atoms with Crippen molar-refractivity contribution in [3.05, 3.63) is 23.8 Å². The maximum absolute atomic E-state index is 14.4. The Labute approximate surface area is 174 Å². The number of aliphatic hydroxyl groups is 1. The molecule has 2 unspecified atom stereocenters. The minimum Gasteiger partial charge on any atom is -0.429 e. The monoisotopic (exact) mass is 438 g/mol. The van der Waals surface area contributed by atoms with Crippen molar-refractivity contribution in [3.63, 3.8) is 0 Å². The largest absolute Gasteiger partial charge is 0.429 e. The summed E-state index contributed by atoms with van der Waals surface area (Å²) in [6.07, 6.45) is -0.836. The van der Waals surface area contributed by atoms with E-state index in [1.54, 1.807) is 17.8 Å². The van der Waals surface area contributed by atoms with Gasteiger partial charge >= 0.3 is 6.11 Å². The first kappa shape index (κ1) is 19.1. The highest BCUT2D eigenvalue weighted by atomic mass is 32.1. The molecule has 0 aliphatic carbocycles. The molecule has 0 spiro atoms. The molecule has 154 valence electrons. The lowest BCUT2D eigenvalue weighted by Crippen LogP contribution is -2.67. The van der Waals surface area contributed by atoms with Gasteiger partial charge in [-0.25, -0.2) is 4.98 Å². The lowest BCUT2D eigenvalue weighted by atomic mass is 9.92. The molecule has 2 aromatic heterocycles. The van der Waals surface area contributed by atoms with Crippen molar-refractivity contribution in [1.82, 2.24) is 15.3 Å². The first-order chi connectivity index (χ1) is 13.7. The number of alkyl halides is 2. The van der Waals surface area contributed by atoms with Gasteiger partial charge in [-0.3, -0.25) is 4.98 Å². The highest BCUT2D eigenvalue weighted by molar-refractivity contribution is 7.22.